The molecule has 1 unspecified atom stereocenters. The van der Waals surface area contributed by atoms with Gasteiger partial charge in [-0.3, -0.25) is 4.79 Å². The number of carbonyl (C=O) groups is 2. The van der Waals surface area contributed by atoms with Crippen LogP contribution in [0.2, 0.25) is 0 Å². The minimum atomic E-state index is -0.0699. The molecule has 2 fully saturated rings. The second-order valence-electron chi connectivity index (χ2n) is 7.55. The first-order valence-corrected chi connectivity index (χ1v) is 10.1. The number of hydrogen-bond acceptors (Lipinski definition) is 3. The summed E-state index contributed by atoms with van der Waals surface area (Å²) in [6, 6.07) is 7.47. The van der Waals surface area contributed by atoms with E-state index < -0.39 is 0 Å². The molecule has 0 radical (unpaired) electrons. The largest absolute Gasteiger partial charge is 0.378 e. The van der Waals surface area contributed by atoms with Crippen molar-refractivity contribution in [3.63, 3.8) is 0 Å². The molecule has 0 spiro atoms. The molecule has 0 aromatic heterocycles. The molecule has 6 nitrogen and oxygen atoms in total. The van der Waals surface area contributed by atoms with Crippen LogP contribution in [0.5, 0.6) is 0 Å². The summed E-state index contributed by atoms with van der Waals surface area (Å²) in [6.45, 7) is 3.79. The molecule has 0 aliphatic carbocycles. The van der Waals surface area contributed by atoms with Crippen molar-refractivity contribution in [2.45, 2.75) is 51.2 Å². The molecule has 3 rings (SSSR count). The SMILES string of the molecule is CN(CCCC1CCCO1)C(=O)NCc1ccc(C(=O)N2CCCC2)cc1. The fourth-order valence-corrected chi connectivity index (χ4v) is 3.71. The zero-order valence-corrected chi connectivity index (χ0v) is 16.3. The van der Waals surface area contributed by atoms with E-state index in [-0.39, 0.29) is 11.9 Å². The Kier molecular flexibility index (Phi) is 7.10. The van der Waals surface area contributed by atoms with Gasteiger partial charge in [-0.25, -0.2) is 4.79 Å². The number of nitrogens with zero attached hydrogens (tertiary/aromatic N) is 2. The summed E-state index contributed by atoms with van der Waals surface area (Å²) in [6.07, 6.45) is 6.85. The van der Waals surface area contributed by atoms with Gasteiger partial charge in [-0.05, 0) is 56.2 Å². The van der Waals surface area contributed by atoms with Gasteiger partial charge in [0, 0.05) is 45.4 Å². The van der Waals surface area contributed by atoms with Crippen molar-refractivity contribution in [3.8, 4) is 0 Å². The van der Waals surface area contributed by atoms with Crippen LogP contribution in [0, 0.1) is 0 Å². The van der Waals surface area contributed by atoms with E-state index in [1.165, 1.54) is 0 Å². The Hall–Kier alpha value is -2.08. The van der Waals surface area contributed by atoms with Crippen LogP contribution in [-0.4, -0.2) is 61.1 Å². The maximum absolute atomic E-state index is 12.3. The van der Waals surface area contributed by atoms with Crippen LogP contribution in [0.15, 0.2) is 24.3 Å². The zero-order valence-electron chi connectivity index (χ0n) is 16.3. The molecule has 2 aliphatic rings. The van der Waals surface area contributed by atoms with Crippen molar-refractivity contribution < 1.29 is 14.3 Å². The maximum atomic E-state index is 12.3. The van der Waals surface area contributed by atoms with Crippen LogP contribution in [0.4, 0.5) is 4.79 Å². The molecule has 148 valence electrons. The van der Waals surface area contributed by atoms with Crippen LogP contribution in [0.25, 0.3) is 0 Å². The van der Waals surface area contributed by atoms with Gasteiger partial charge in [-0.15, -0.1) is 0 Å². The van der Waals surface area contributed by atoms with E-state index in [9.17, 15) is 9.59 Å². The summed E-state index contributed by atoms with van der Waals surface area (Å²) in [5.41, 5.74) is 1.72. The van der Waals surface area contributed by atoms with Crippen molar-refractivity contribution in [1.82, 2.24) is 15.1 Å². The molecule has 2 aliphatic heterocycles. The van der Waals surface area contributed by atoms with Gasteiger partial charge in [0.2, 0.25) is 0 Å². The molecule has 2 heterocycles. The fraction of sp³-hybridized carbons (Fsp3) is 0.619. The Bertz CT molecular complexity index is 620. The molecule has 1 aromatic carbocycles. The number of benzene rings is 1. The van der Waals surface area contributed by atoms with Crippen LogP contribution in [0.3, 0.4) is 0 Å². The average Bonchev–Trinajstić information content (AvgIpc) is 3.40. The van der Waals surface area contributed by atoms with Gasteiger partial charge in [0.05, 0.1) is 6.10 Å². The molecule has 1 N–H and O–H groups in total. The van der Waals surface area contributed by atoms with Gasteiger partial charge in [0.15, 0.2) is 0 Å². The van der Waals surface area contributed by atoms with E-state index in [1.54, 1.807) is 4.90 Å². The van der Waals surface area contributed by atoms with Crippen molar-refractivity contribution in [3.05, 3.63) is 35.4 Å². The molecular formula is C21H31N3O3. The van der Waals surface area contributed by atoms with E-state index in [2.05, 4.69) is 5.32 Å². The molecular weight excluding hydrogens is 342 g/mol. The summed E-state index contributed by atoms with van der Waals surface area (Å²) in [7, 11) is 1.82. The van der Waals surface area contributed by atoms with E-state index in [0.717, 1.165) is 75.9 Å². The highest BCUT2D eigenvalue weighted by atomic mass is 16.5. The number of nitrogens with one attached hydrogen (secondary N) is 1. The Balaban J connectivity index is 1.38. The van der Waals surface area contributed by atoms with Gasteiger partial charge in [0.1, 0.15) is 0 Å². The molecule has 1 atom stereocenters. The number of ether oxygens (including phenoxy) is 1. The van der Waals surface area contributed by atoms with Crippen LogP contribution >= 0.6 is 0 Å². The molecule has 27 heavy (non-hydrogen) atoms. The second kappa shape index (κ2) is 9.74. The van der Waals surface area contributed by atoms with Gasteiger partial charge in [0.25, 0.3) is 5.91 Å². The van der Waals surface area contributed by atoms with E-state index in [0.29, 0.717) is 12.6 Å². The number of rotatable bonds is 7. The number of likely N-dealkylation sites (tertiary alicyclic amines) is 1. The van der Waals surface area contributed by atoms with E-state index in [4.69, 9.17) is 4.74 Å². The first-order valence-electron chi connectivity index (χ1n) is 10.1. The first kappa shape index (κ1) is 19.7. The Morgan fingerprint density at radius 2 is 1.93 bits per heavy atom. The summed E-state index contributed by atoms with van der Waals surface area (Å²) < 4.78 is 5.61. The van der Waals surface area contributed by atoms with Crippen molar-refractivity contribution in [1.29, 1.82) is 0 Å². The lowest BCUT2D eigenvalue weighted by atomic mass is 10.1. The highest BCUT2D eigenvalue weighted by Gasteiger charge is 2.19. The number of urea groups is 1. The topological polar surface area (TPSA) is 61.9 Å². The molecule has 0 bridgehead atoms. The van der Waals surface area contributed by atoms with Crippen LogP contribution < -0.4 is 5.32 Å². The highest BCUT2D eigenvalue weighted by molar-refractivity contribution is 5.94. The third kappa shape index (κ3) is 5.70. The van der Waals surface area contributed by atoms with E-state index in [1.807, 2.05) is 36.2 Å². The minimum absolute atomic E-state index is 0.0699. The monoisotopic (exact) mass is 373 g/mol. The van der Waals surface area contributed by atoms with Gasteiger partial charge in [-0.2, -0.15) is 0 Å². The van der Waals surface area contributed by atoms with Crippen molar-refractivity contribution in [2.24, 2.45) is 0 Å². The summed E-state index contributed by atoms with van der Waals surface area (Å²) in [4.78, 5) is 28.2. The second-order valence-corrected chi connectivity index (χ2v) is 7.55. The molecule has 1 aromatic rings. The quantitative estimate of drug-likeness (QED) is 0.799. The Morgan fingerprint density at radius 3 is 2.59 bits per heavy atom. The average molecular weight is 373 g/mol. The molecule has 3 amide bonds. The molecule has 0 saturated carbocycles. The smallest absolute Gasteiger partial charge is 0.317 e. The summed E-state index contributed by atoms with van der Waals surface area (Å²) >= 11 is 0. The molecule has 2 saturated heterocycles. The predicted molar refractivity (Wildman–Crippen MR) is 105 cm³/mol. The number of amides is 3. The van der Waals surface area contributed by atoms with Gasteiger partial charge >= 0.3 is 6.03 Å². The van der Waals surface area contributed by atoms with Crippen molar-refractivity contribution in [2.75, 3.05) is 33.3 Å². The summed E-state index contributed by atoms with van der Waals surface area (Å²) in [5, 5.41) is 2.94. The Morgan fingerprint density at radius 1 is 1.19 bits per heavy atom. The third-order valence-electron chi connectivity index (χ3n) is 5.43. The lowest BCUT2D eigenvalue weighted by Gasteiger charge is -2.19. The number of hydrogen-bond donors (Lipinski definition) is 1. The lowest BCUT2D eigenvalue weighted by molar-refractivity contribution is 0.0792. The van der Waals surface area contributed by atoms with Gasteiger partial charge in [-0.1, -0.05) is 12.1 Å². The maximum Gasteiger partial charge on any atom is 0.317 e. The fourth-order valence-electron chi connectivity index (χ4n) is 3.71. The summed E-state index contributed by atoms with van der Waals surface area (Å²) in [5.74, 6) is 0.106. The zero-order chi connectivity index (χ0) is 19.1. The normalized spacial score (nSPS) is 19.3. The third-order valence-corrected chi connectivity index (χ3v) is 5.43. The first-order chi connectivity index (χ1) is 13.1. The Labute approximate surface area is 161 Å². The van der Waals surface area contributed by atoms with Crippen LogP contribution in [0.1, 0.15) is 54.4 Å². The van der Waals surface area contributed by atoms with Gasteiger partial charge < -0.3 is 19.9 Å². The number of carbonyl (C=O) groups excluding carboxylic acids is 2. The lowest BCUT2D eigenvalue weighted by Crippen LogP contribution is -2.37. The molecule has 6 heteroatoms. The predicted octanol–water partition coefficient (Wildman–Crippen LogP) is 3.02. The van der Waals surface area contributed by atoms with Crippen molar-refractivity contribution >= 4 is 11.9 Å². The standard InChI is InChI=1S/C21H31N3O3/c1-23(12-4-6-19-7-5-15-27-19)21(26)22-16-17-8-10-18(11-9-17)20(25)24-13-2-3-14-24/h8-11,19H,2-7,12-16H2,1H3,(H,22,26). The van der Waals surface area contributed by atoms with Crippen LogP contribution in [-0.2, 0) is 11.3 Å². The van der Waals surface area contributed by atoms with E-state index >= 15 is 0 Å². The minimum Gasteiger partial charge on any atom is -0.378 e. The highest BCUT2D eigenvalue weighted by Crippen LogP contribution is 2.17.